The van der Waals surface area contributed by atoms with Crippen LogP contribution in [0.3, 0.4) is 0 Å². The second-order valence-electron chi connectivity index (χ2n) is 5.35. The molecular weight excluding hydrogens is 282 g/mol. The fraction of sp³-hybridized carbons (Fsp3) is 0.444. The van der Waals surface area contributed by atoms with E-state index >= 15 is 0 Å². The summed E-state index contributed by atoms with van der Waals surface area (Å²) >= 11 is 0. The number of piperidine rings is 1. The van der Waals surface area contributed by atoms with Gasteiger partial charge in [0.1, 0.15) is 19.7 Å². The predicted octanol–water partition coefficient (Wildman–Crippen LogP) is -0.961. The molecule has 0 aliphatic carbocycles. The number of aliphatic hydroxyl groups excluding tert-OH is 1. The smallest absolute Gasteiger partial charge is 0.142 e. The van der Waals surface area contributed by atoms with Gasteiger partial charge in [-0.3, -0.25) is 0 Å². The lowest BCUT2D eigenvalue weighted by molar-refractivity contribution is -0.919. The van der Waals surface area contributed by atoms with E-state index in [-0.39, 0.29) is 19.0 Å². The normalized spacial score (nSPS) is 15.7. The van der Waals surface area contributed by atoms with Crippen molar-refractivity contribution in [2.45, 2.75) is 19.3 Å². The van der Waals surface area contributed by atoms with Crippen molar-refractivity contribution in [2.75, 3.05) is 32.8 Å². The molecule has 1 heterocycles. The minimum Gasteiger partial charge on any atom is -1.00 e. The molecule has 0 radical (unpaired) electrons. The van der Waals surface area contributed by atoms with Crippen molar-refractivity contribution in [3.05, 3.63) is 35.9 Å². The number of likely N-dealkylation sites (tertiary alicyclic amines) is 1. The zero-order valence-corrected chi connectivity index (χ0v) is 13.1. The summed E-state index contributed by atoms with van der Waals surface area (Å²) in [5, 5.41) is 8.80. The third-order valence-electron chi connectivity index (χ3n) is 3.80. The van der Waals surface area contributed by atoms with Crippen LogP contribution in [0.2, 0.25) is 0 Å². The van der Waals surface area contributed by atoms with E-state index in [1.807, 2.05) is 30.3 Å². The molecule has 0 saturated carbocycles. The summed E-state index contributed by atoms with van der Waals surface area (Å²) in [5.74, 6) is 12.4. The Kier molecular flexibility index (Phi) is 7.95. The van der Waals surface area contributed by atoms with Crippen LogP contribution in [0.1, 0.15) is 24.8 Å². The molecule has 1 fully saturated rings. The summed E-state index contributed by atoms with van der Waals surface area (Å²) in [6, 6.07) is 10.1. The van der Waals surface area contributed by atoms with Gasteiger partial charge in [-0.25, -0.2) is 0 Å². The lowest BCUT2D eigenvalue weighted by Gasteiger charge is -2.38. The van der Waals surface area contributed by atoms with Gasteiger partial charge < -0.3 is 22.0 Å². The Hall–Kier alpha value is -1.45. The first kappa shape index (κ1) is 17.6. The molecule has 21 heavy (non-hydrogen) atoms. The van der Waals surface area contributed by atoms with E-state index in [9.17, 15) is 0 Å². The molecule has 1 aliphatic rings. The molecule has 1 N–H and O–H groups in total. The van der Waals surface area contributed by atoms with Crippen LogP contribution < -0.4 is 12.4 Å². The van der Waals surface area contributed by atoms with Crippen LogP contribution in [0.4, 0.5) is 0 Å². The molecule has 2 nitrogen and oxygen atoms in total. The molecule has 0 aromatic heterocycles. The van der Waals surface area contributed by atoms with Gasteiger partial charge in [0.25, 0.3) is 0 Å². The van der Waals surface area contributed by atoms with Crippen molar-refractivity contribution < 1.29 is 22.0 Å². The van der Waals surface area contributed by atoms with Crippen LogP contribution in [-0.2, 0) is 0 Å². The Labute approximate surface area is 134 Å². The number of rotatable bonds is 2. The summed E-state index contributed by atoms with van der Waals surface area (Å²) in [4.78, 5) is 0. The molecule has 0 atom stereocenters. The number of hydrogen-bond acceptors (Lipinski definition) is 1. The Morgan fingerprint density at radius 2 is 1.57 bits per heavy atom. The number of nitrogens with zero attached hydrogens (tertiary/aromatic N) is 1. The molecule has 0 amide bonds. The lowest BCUT2D eigenvalue weighted by Crippen LogP contribution is -3.00. The van der Waals surface area contributed by atoms with E-state index in [1.165, 1.54) is 19.3 Å². The first-order valence-corrected chi connectivity index (χ1v) is 7.30. The molecule has 1 aromatic rings. The Balaban J connectivity index is 0.00000220. The van der Waals surface area contributed by atoms with Crippen LogP contribution >= 0.6 is 0 Å². The van der Waals surface area contributed by atoms with Gasteiger partial charge >= 0.3 is 0 Å². The van der Waals surface area contributed by atoms with E-state index in [4.69, 9.17) is 5.11 Å². The van der Waals surface area contributed by atoms with E-state index < -0.39 is 0 Å². The van der Waals surface area contributed by atoms with Gasteiger partial charge in [-0.1, -0.05) is 30.0 Å². The van der Waals surface area contributed by atoms with Gasteiger partial charge in [-0.2, -0.15) is 0 Å². The van der Waals surface area contributed by atoms with Gasteiger partial charge in [0.2, 0.25) is 0 Å². The molecule has 0 spiro atoms. The zero-order chi connectivity index (χ0) is 14.1. The van der Waals surface area contributed by atoms with Crippen molar-refractivity contribution >= 4 is 0 Å². The number of hydrogen-bond donors (Lipinski definition) is 1. The lowest BCUT2D eigenvalue weighted by atomic mass is 10.1. The number of aliphatic hydroxyl groups is 1. The van der Waals surface area contributed by atoms with Gasteiger partial charge in [0.05, 0.1) is 13.1 Å². The fourth-order valence-corrected chi connectivity index (χ4v) is 2.67. The van der Waals surface area contributed by atoms with Crippen LogP contribution in [0, 0.1) is 23.7 Å². The van der Waals surface area contributed by atoms with Crippen LogP contribution in [-0.4, -0.2) is 42.4 Å². The average molecular weight is 304 g/mol. The number of benzene rings is 1. The molecule has 1 aliphatic heterocycles. The molecule has 0 bridgehead atoms. The van der Waals surface area contributed by atoms with E-state index in [0.717, 1.165) is 36.2 Å². The molecule has 2 rings (SSSR count). The number of halogens is 1. The molecule has 0 unspecified atom stereocenters. The summed E-state index contributed by atoms with van der Waals surface area (Å²) in [7, 11) is 0. The third-order valence-corrected chi connectivity index (χ3v) is 3.80. The SMILES string of the molecule is OCC#CC[N+]1(CC#Cc2ccccc2)CCCCC1.[Cl-]. The highest BCUT2D eigenvalue weighted by molar-refractivity contribution is 5.33. The third kappa shape index (κ3) is 5.82. The van der Waals surface area contributed by atoms with Gasteiger partial charge in [0, 0.05) is 5.56 Å². The number of quaternary nitrogens is 1. The van der Waals surface area contributed by atoms with Crippen LogP contribution in [0.5, 0.6) is 0 Å². The topological polar surface area (TPSA) is 20.2 Å². The highest BCUT2D eigenvalue weighted by atomic mass is 35.5. The average Bonchev–Trinajstić information content (AvgIpc) is 2.50. The van der Waals surface area contributed by atoms with Gasteiger partial charge in [-0.05, 0) is 43.2 Å². The standard InChI is InChI=1S/C18H22NO.ClH/c20-17-8-7-15-19(13-5-2-6-14-19)16-9-12-18-10-3-1-4-11-18;/h1,3-4,10-11,20H,2,5-6,13-17H2;1H/q+1;/p-1. The monoisotopic (exact) mass is 303 g/mol. The summed E-state index contributed by atoms with van der Waals surface area (Å²) < 4.78 is 0.965. The van der Waals surface area contributed by atoms with Crippen molar-refractivity contribution in [1.82, 2.24) is 0 Å². The summed E-state index contributed by atoms with van der Waals surface area (Å²) in [6.07, 6.45) is 3.83. The Morgan fingerprint density at radius 1 is 0.905 bits per heavy atom. The first-order valence-electron chi connectivity index (χ1n) is 7.30. The van der Waals surface area contributed by atoms with Crippen LogP contribution in [0.25, 0.3) is 0 Å². The Morgan fingerprint density at radius 3 is 2.24 bits per heavy atom. The maximum Gasteiger partial charge on any atom is 0.142 e. The van der Waals surface area contributed by atoms with Crippen LogP contribution in [0.15, 0.2) is 30.3 Å². The highest BCUT2D eigenvalue weighted by Gasteiger charge is 2.27. The molecule has 1 aromatic carbocycles. The molecular formula is C18H22ClNO. The van der Waals surface area contributed by atoms with E-state index in [0.29, 0.717) is 0 Å². The second-order valence-corrected chi connectivity index (χ2v) is 5.35. The minimum atomic E-state index is -0.0459. The molecule has 3 heteroatoms. The van der Waals surface area contributed by atoms with Crippen molar-refractivity contribution in [3.63, 3.8) is 0 Å². The summed E-state index contributed by atoms with van der Waals surface area (Å²) in [5.41, 5.74) is 1.07. The maximum absolute atomic E-state index is 8.80. The van der Waals surface area contributed by atoms with Crippen molar-refractivity contribution in [2.24, 2.45) is 0 Å². The van der Waals surface area contributed by atoms with Gasteiger partial charge in [0.15, 0.2) is 0 Å². The quantitative estimate of drug-likeness (QED) is 0.551. The minimum absolute atomic E-state index is 0. The fourth-order valence-electron chi connectivity index (χ4n) is 2.67. The molecule has 1 saturated heterocycles. The molecule has 112 valence electrons. The van der Waals surface area contributed by atoms with Crippen molar-refractivity contribution in [3.8, 4) is 23.7 Å². The Bertz CT molecular complexity index is 527. The van der Waals surface area contributed by atoms with Crippen molar-refractivity contribution in [1.29, 1.82) is 0 Å². The summed E-state index contributed by atoms with van der Waals surface area (Å²) in [6.45, 7) is 3.93. The van der Waals surface area contributed by atoms with E-state index in [2.05, 4.69) is 23.7 Å². The largest absolute Gasteiger partial charge is 1.00 e. The predicted molar refractivity (Wildman–Crippen MR) is 81.8 cm³/mol. The zero-order valence-electron chi connectivity index (χ0n) is 12.3. The maximum atomic E-state index is 8.80. The first-order chi connectivity index (χ1) is 9.85. The van der Waals surface area contributed by atoms with E-state index in [1.54, 1.807) is 0 Å². The second kappa shape index (κ2) is 9.48. The van der Waals surface area contributed by atoms with Gasteiger partial charge in [-0.15, -0.1) is 0 Å². The highest BCUT2D eigenvalue weighted by Crippen LogP contribution is 2.17.